The lowest BCUT2D eigenvalue weighted by Gasteiger charge is -2.10. The molecule has 0 aliphatic carbocycles. The number of hydrogen-bond donors (Lipinski definition) is 1. The highest BCUT2D eigenvalue weighted by Crippen LogP contribution is 2.30. The van der Waals surface area contributed by atoms with Gasteiger partial charge in [-0.1, -0.05) is 35.9 Å². The molecule has 0 spiro atoms. The quantitative estimate of drug-likeness (QED) is 0.249. The molecule has 32 heavy (non-hydrogen) atoms. The summed E-state index contributed by atoms with van der Waals surface area (Å²) >= 11 is 9.07. The molecule has 3 aromatic rings. The van der Waals surface area contributed by atoms with Crippen LogP contribution in [0.3, 0.4) is 0 Å². The predicted octanol–water partition coefficient (Wildman–Crippen LogP) is 5.72. The van der Waals surface area contributed by atoms with E-state index in [-0.39, 0.29) is 16.2 Å². The van der Waals surface area contributed by atoms with Crippen molar-refractivity contribution >= 4 is 55.3 Å². The van der Waals surface area contributed by atoms with Gasteiger partial charge in [0, 0.05) is 10.7 Å². The molecule has 0 aliphatic heterocycles. The van der Waals surface area contributed by atoms with E-state index in [0.29, 0.717) is 20.7 Å². The second-order valence-corrected chi connectivity index (χ2v) is 9.46. The van der Waals surface area contributed by atoms with Crippen LogP contribution in [0, 0.1) is 18.3 Å². The van der Waals surface area contributed by atoms with Gasteiger partial charge in [-0.05, 0) is 82.5 Å². The number of benzene rings is 3. The summed E-state index contributed by atoms with van der Waals surface area (Å²) in [5, 5.41) is 12.5. The third-order valence-electron chi connectivity index (χ3n) is 4.33. The largest absolute Gasteiger partial charge is 0.378 e. The zero-order valence-corrected chi connectivity index (χ0v) is 19.8. The minimum Gasteiger partial charge on any atom is -0.378 e. The first-order chi connectivity index (χ1) is 15.2. The zero-order valence-electron chi connectivity index (χ0n) is 16.7. The van der Waals surface area contributed by atoms with Crippen LogP contribution in [0.4, 0.5) is 5.69 Å². The Morgan fingerprint density at radius 2 is 1.81 bits per heavy atom. The summed E-state index contributed by atoms with van der Waals surface area (Å²) in [7, 11) is -4.07. The van der Waals surface area contributed by atoms with E-state index in [2.05, 4.69) is 21.2 Å². The van der Waals surface area contributed by atoms with Gasteiger partial charge < -0.3 is 9.50 Å². The number of nitrogens with zero attached hydrogens (tertiary/aromatic N) is 1. The molecule has 1 amide bonds. The highest BCUT2D eigenvalue weighted by Gasteiger charge is 2.18. The SMILES string of the molecule is Cc1ccccc1NC(=O)/C(C#N)=C/c1ccc(OS(=O)(=O)c2ccc(Cl)cc2)c(Br)c1. The van der Waals surface area contributed by atoms with Gasteiger partial charge in [0.2, 0.25) is 0 Å². The first kappa shape index (κ1) is 23.5. The number of nitriles is 1. The number of aryl methyl sites for hydroxylation is 1. The van der Waals surface area contributed by atoms with Gasteiger partial charge in [-0.25, -0.2) is 0 Å². The van der Waals surface area contributed by atoms with Gasteiger partial charge in [-0.15, -0.1) is 0 Å². The molecule has 0 saturated heterocycles. The standard InChI is InChI=1S/C23H16BrClN2O4S/c1-15-4-2-3-5-21(15)27-23(28)17(14-26)12-16-6-11-22(20(24)13-16)31-32(29,30)19-9-7-18(25)8-10-19/h2-13H,1H3,(H,27,28)/b17-12+. The van der Waals surface area contributed by atoms with Crippen molar-refractivity contribution in [3.8, 4) is 11.8 Å². The maximum absolute atomic E-state index is 12.5. The molecule has 0 fully saturated rings. The van der Waals surface area contributed by atoms with Crippen LogP contribution in [0.15, 0.2) is 81.7 Å². The fourth-order valence-electron chi connectivity index (χ4n) is 2.66. The van der Waals surface area contributed by atoms with Crippen LogP contribution in [0.2, 0.25) is 5.02 Å². The summed E-state index contributed by atoms with van der Waals surface area (Å²) in [6.45, 7) is 1.85. The Kier molecular flexibility index (Phi) is 7.36. The molecule has 0 atom stereocenters. The molecule has 0 aliphatic rings. The lowest BCUT2D eigenvalue weighted by atomic mass is 10.1. The smallest absolute Gasteiger partial charge is 0.339 e. The van der Waals surface area contributed by atoms with E-state index in [4.69, 9.17) is 15.8 Å². The predicted molar refractivity (Wildman–Crippen MR) is 127 cm³/mol. The second kappa shape index (κ2) is 10.0. The number of amides is 1. The molecule has 0 aromatic heterocycles. The van der Waals surface area contributed by atoms with E-state index >= 15 is 0 Å². The third kappa shape index (κ3) is 5.77. The Hall–Kier alpha value is -3.12. The van der Waals surface area contributed by atoms with Gasteiger partial charge >= 0.3 is 10.1 Å². The first-order valence-corrected chi connectivity index (χ1v) is 11.8. The Labute approximate surface area is 199 Å². The van der Waals surface area contributed by atoms with Crippen LogP contribution in [-0.2, 0) is 14.9 Å². The summed E-state index contributed by atoms with van der Waals surface area (Å²) in [5.41, 5.74) is 1.87. The van der Waals surface area contributed by atoms with Crippen LogP contribution < -0.4 is 9.50 Å². The van der Waals surface area contributed by atoms with Crippen molar-refractivity contribution in [2.45, 2.75) is 11.8 Å². The van der Waals surface area contributed by atoms with Crippen LogP contribution >= 0.6 is 27.5 Å². The average Bonchev–Trinajstić information content (AvgIpc) is 2.75. The lowest BCUT2D eigenvalue weighted by molar-refractivity contribution is -0.112. The number of nitrogens with one attached hydrogen (secondary N) is 1. The van der Waals surface area contributed by atoms with Crippen molar-refractivity contribution in [2.24, 2.45) is 0 Å². The minimum atomic E-state index is -4.07. The van der Waals surface area contributed by atoms with Crippen molar-refractivity contribution in [1.82, 2.24) is 0 Å². The van der Waals surface area contributed by atoms with Crippen LogP contribution in [-0.4, -0.2) is 14.3 Å². The molecule has 0 unspecified atom stereocenters. The van der Waals surface area contributed by atoms with Crippen LogP contribution in [0.1, 0.15) is 11.1 Å². The van der Waals surface area contributed by atoms with E-state index in [0.717, 1.165) is 5.56 Å². The Bertz CT molecular complexity index is 1350. The molecule has 3 rings (SSSR count). The van der Waals surface area contributed by atoms with Crippen LogP contribution in [0.5, 0.6) is 5.75 Å². The fourth-order valence-corrected chi connectivity index (χ4v) is 4.32. The number of hydrogen-bond acceptors (Lipinski definition) is 5. The maximum atomic E-state index is 12.5. The van der Waals surface area contributed by atoms with Gasteiger partial charge in [0.25, 0.3) is 5.91 Å². The minimum absolute atomic E-state index is 0.0441. The number of halogens is 2. The fraction of sp³-hybridized carbons (Fsp3) is 0.0435. The molecule has 1 N–H and O–H groups in total. The monoisotopic (exact) mass is 530 g/mol. The van der Waals surface area contributed by atoms with E-state index in [1.807, 2.05) is 25.1 Å². The van der Waals surface area contributed by atoms with Crippen molar-refractivity contribution in [2.75, 3.05) is 5.32 Å². The van der Waals surface area contributed by atoms with Gasteiger partial charge in [0.1, 0.15) is 16.5 Å². The molecule has 0 heterocycles. The molecule has 0 radical (unpaired) electrons. The van der Waals surface area contributed by atoms with Gasteiger partial charge in [0.15, 0.2) is 5.75 Å². The van der Waals surface area contributed by atoms with E-state index in [9.17, 15) is 18.5 Å². The molecule has 0 saturated carbocycles. The Morgan fingerprint density at radius 1 is 1.12 bits per heavy atom. The van der Waals surface area contributed by atoms with Crippen molar-refractivity contribution in [3.63, 3.8) is 0 Å². The first-order valence-electron chi connectivity index (χ1n) is 9.18. The van der Waals surface area contributed by atoms with Crippen LogP contribution in [0.25, 0.3) is 6.08 Å². The summed E-state index contributed by atoms with van der Waals surface area (Å²) in [6.07, 6.45) is 1.40. The molecule has 0 bridgehead atoms. The number of carbonyl (C=O) groups is 1. The number of para-hydroxylation sites is 1. The Morgan fingerprint density at radius 3 is 2.44 bits per heavy atom. The summed E-state index contributed by atoms with van der Waals surface area (Å²) in [5.74, 6) is -0.497. The average molecular weight is 532 g/mol. The normalized spacial score (nSPS) is 11.5. The van der Waals surface area contributed by atoms with Gasteiger partial charge in [-0.3, -0.25) is 4.79 Å². The molecule has 9 heteroatoms. The maximum Gasteiger partial charge on any atom is 0.339 e. The highest BCUT2D eigenvalue weighted by atomic mass is 79.9. The van der Waals surface area contributed by atoms with Gasteiger partial charge in [-0.2, -0.15) is 13.7 Å². The lowest BCUT2D eigenvalue weighted by Crippen LogP contribution is -2.14. The van der Waals surface area contributed by atoms with Crippen molar-refractivity contribution in [3.05, 3.63) is 92.9 Å². The molecule has 6 nitrogen and oxygen atoms in total. The summed E-state index contributed by atoms with van der Waals surface area (Å²) in [6, 6.07) is 19.2. The van der Waals surface area contributed by atoms with E-state index in [1.54, 1.807) is 18.2 Å². The van der Waals surface area contributed by atoms with Crippen molar-refractivity contribution < 1.29 is 17.4 Å². The number of anilines is 1. The molecular weight excluding hydrogens is 516 g/mol. The zero-order chi connectivity index (χ0) is 23.3. The summed E-state index contributed by atoms with van der Waals surface area (Å²) in [4.78, 5) is 12.4. The van der Waals surface area contributed by atoms with Gasteiger partial charge in [0.05, 0.1) is 4.47 Å². The molecule has 3 aromatic carbocycles. The third-order valence-corrected chi connectivity index (χ3v) is 6.45. The number of carbonyl (C=O) groups excluding carboxylic acids is 1. The summed E-state index contributed by atoms with van der Waals surface area (Å²) < 4.78 is 30.5. The Balaban J connectivity index is 1.81. The molecule has 162 valence electrons. The van der Waals surface area contributed by atoms with E-state index in [1.165, 1.54) is 42.5 Å². The number of rotatable bonds is 6. The highest BCUT2D eigenvalue weighted by molar-refractivity contribution is 9.10. The second-order valence-electron chi connectivity index (χ2n) is 6.62. The van der Waals surface area contributed by atoms with E-state index < -0.39 is 16.0 Å². The topological polar surface area (TPSA) is 96.3 Å². The molecular formula is C23H16BrClN2O4S. The van der Waals surface area contributed by atoms with Crippen molar-refractivity contribution in [1.29, 1.82) is 5.26 Å².